The van der Waals surface area contributed by atoms with Gasteiger partial charge in [-0.1, -0.05) is 48.0 Å². The molecule has 4 rings (SSSR count). The van der Waals surface area contributed by atoms with Gasteiger partial charge in [-0.25, -0.2) is 4.98 Å². The smallest absolute Gasteiger partial charge is 0.275 e. The molecule has 3 aromatic carbocycles. The summed E-state index contributed by atoms with van der Waals surface area (Å²) in [6.07, 6.45) is 0. The van der Waals surface area contributed by atoms with Crippen LogP contribution in [0.2, 0.25) is 0 Å². The number of fused-ring (bicyclic) bond motifs is 1. The highest BCUT2D eigenvalue weighted by Gasteiger charge is 2.14. The predicted octanol–water partition coefficient (Wildman–Crippen LogP) is 4.15. The molecule has 0 aliphatic rings. The summed E-state index contributed by atoms with van der Waals surface area (Å²) in [5.74, 6) is -0.236. The standard InChI is InChI=1S/C22H17N3O2/c1-14-10-12-15(13-11-14)21(26)24-17-7-3-2-6-16(17)20-22(27)25-19-9-5-4-8-18(19)23-20/h2-13H,1H3,(H,24,26)(H,25,27). The molecule has 27 heavy (non-hydrogen) atoms. The molecule has 4 aromatic rings. The number of rotatable bonds is 3. The second-order valence-electron chi connectivity index (χ2n) is 6.30. The summed E-state index contributed by atoms with van der Waals surface area (Å²) in [5.41, 5.74) is 4.08. The molecule has 5 nitrogen and oxygen atoms in total. The van der Waals surface area contributed by atoms with Gasteiger partial charge >= 0.3 is 0 Å². The molecule has 2 N–H and O–H groups in total. The van der Waals surface area contributed by atoms with E-state index in [0.717, 1.165) is 5.56 Å². The molecule has 0 radical (unpaired) electrons. The minimum absolute atomic E-state index is 0.236. The third-order valence-corrected chi connectivity index (χ3v) is 4.34. The van der Waals surface area contributed by atoms with Crippen LogP contribution >= 0.6 is 0 Å². The first-order valence-electron chi connectivity index (χ1n) is 8.58. The molecule has 0 spiro atoms. The van der Waals surface area contributed by atoms with Gasteiger partial charge in [0.05, 0.1) is 16.7 Å². The normalized spacial score (nSPS) is 10.7. The van der Waals surface area contributed by atoms with Crippen LogP contribution in [0.5, 0.6) is 0 Å². The van der Waals surface area contributed by atoms with Gasteiger partial charge in [-0.3, -0.25) is 9.59 Å². The highest BCUT2D eigenvalue weighted by molar-refractivity contribution is 6.06. The number of nitrogens with zero attached hydrogens (tertiary/aromatic N) is 1. The summed E-state index contributed by atoms with van der Waals surface area (Å²) in [5, 5.41) is 2.89. The lowest BCUT2D eigenvalue weighted by molar-refractivity contribution is 0.102. The lowest BCUT2D eigenvalue weighted by Gasteiger charge is -2.11. The molecule has 0 atom stereocenters. The summed E-state index contributed by atoms with van der Waals surface area (Å²) in [4.78, 5) is 32.5. The first kappa shape index (κ1) is 16.7. The van der Waals surface area contributed by atoms with E-state index in [1.54, 1.807) is 30.3 Å². The van der Waals surface area contributed by atoms with Crippen molar-refractivity contribution >= 4 is 22.6 Å². The van der Waals surface area contributed by atoms with Gasteiger partial charge in [0.25, 0.3) is 11.5 Å². The summed E-state index contributed by atoms with van der Waals surface area (Å²) >= 11 is 0. The number of amides is 1. The number of carbonyl (C=O) groups excluding carboxylic acids is 1. The molecule has 5 heteroatoms. The molecule has 1 heterocycles. The maximum absolute atomic E-state index is 12.6. The first-order chi connectivity index (χ1) is 13.1. The van der Waals surface area contributed by atoms with Crippen LogP contribution in [0, 0.1) is 6.92 Å². The lowest BCUT2D eigenvalue weighted by atomic mass is 10.1. The van der Waals surface area contributed by atoms with Crippen molar-refractivity contribution in [2.24, 2.45) is 0 Å². The van der Waals surface area contributed by atoms with Crippen molar-refractivity contribution in [3.05, 3.63) is 94.3 Å². The van der Waals surface area contributed by atoms with Gasteiger partial charge < -0.3 is 10.3 Å². The highest BCUT2D eigenvalue weighted by atomic mass is 16.1. The van der Waals surface area contributed by atoms with Crippen molar-refractivity contribution < 1.29 is 4.79 Å². The first-order valence-corrected chi connectivity index (χ1v) is 8.58. The van der Waals surface area contributed by atoms with Gasteiger partial charge in [-0.05, 0) is 37.3 Å². The molecule has 0 aliphatic heterocycles. The van der Waals surface area contributed by atoms with E-state index < -0.39 is 0 Å². The van der Waals surface area contributed by atoms with Crippen LogP contribution in [0.3, 0.4) is 0 Å². The Hall–Kier alpha value is -3.73. The van der Waals surface area contributed by atoms with Gasteiger partial charge in [0.2, 0.25) is 0 Å². The minimum Gasteiger partial charge on any atom is -0.321 e. The Labute approximate surface area is 155 Å². The Bertz CT molecular complexity index is 1190. The molecule has 0 aliphatic carbocycles. The number of hydrogen-bond acceptors (Lipinski definition) is 3. The number of anilines is 1. The molecule has 0 saturated carbocycles. The third kappa shape index (κ3) is 3.35. The monoisotopic (exact) mass is 355 g/mol. The van der Waals surface area contributed by atoms with E-state index >= 15 is 0 Å². The van der Waals surface area contributed by atoms with Crippen molar-refractivity contribution in [1.29, 1.82) is 0 Å². The molecule has 1 amide bonds. The molecule has 1 aromatic heterocycles. The molecule has 0 unspecified atom stereocenters. The average Bonchev–Trinajstić information content (AvgIpc) is 2.68. The van der Waals surface area contributed by atoms with Crippen molar-refractivity contribution in [2.45, 2.75) is 6.92 Å². The largest absolute Gasteiger partial charge is 0.321 e. The Balaban J connectivity index is 1.75. The van der Waals surface area contributed by atoms with Crippen LogP contribution in [0.1, 0.15) is 15.9 Å². The quantitative estimate of drug-likeness (QED) is 0.580. The summed E-state index contributed by atoms with van der Waals surface area (Å²) in [6, 6.07) is 21.8. The third-order valence-electron chi connectivity index (χ3n) is 4.34. The zero-order valence-electron chi connectivity index (χ0n) is 14.7. The minimum atomic E-state index is -0.300. The molecular weight excluding hydrogens is 338 g/mol. The highest BCUT2D eigenvalue weighted by Crippen LogP contribution is 2.25. The van der Waals surface area contributed by atoms with E-state index in [1.165, 1.54) is 0 Å². The zero-order valence-corrected chi connectivity index (χ0v) is 14.7. The average molecular weight is 355 g/mol. The topological polar surface area (TPSA) is 74.8 Å². The van der Waals surface area contributed by atoms with Crippen LogP contribution in [-0.2, 0) is 0 Å². The van der Waals surface area contributed by atoms with E-state index in [2.05, 4.69) is 15.3 Å². The summed E-state index contributed by atoms with van der Waals surface area (Å²) < 4.78 is 0. The molecule has 0 bridgehead atoms. The number of benzene rings is 3. The maximum Gasteiger partial charge on any atom is 0.275 e. The summed E-state index contributed by atoms with van der Waals surface area (Å²) in [6.45, 7) is 1.97. The van der Waals surface area contributed by atoms with Gasteiger partial charge in [-0.2, -0.15) is 0 Å². The van der Waals surface area contributed by atoms with Crippen LogP contribution in [-0.4, -0.2) is 15.9 Å². The zero-order chi connectivity index (χ0) is 18.8. The fourth-order valence-corrected chi connectivity index (χ4v) is 2.91. The Morgan fingerprint density at radius 2 is 1.63 bits per heavy atom. The van der Waals surface area contributed by atoms with Crippen molar-refractivity contribution in [3.63, 3.8) is 0 Å². The number of aryl methyl sites for hydroxylation is 1. The predicted molar refractivity (Wildman–Crippen MR) is 107 cm³/mol. The Morgan fingerprint density at radius 3 is 2.44 bits per heavy atom. The number of hydrogen-bond donors (Lipinski definition) is 2. The number of aromatic nitrogens is 2. The Kier molecular flexibility index (Phi) is 4.26. The van der Waals surface area contributed by atoms with E-state index in [1.807, 2.05) is 49.4 Å². The fourth-order valence-electron chi connectivity index (χ4n) is 2.91. The second kappa shape index (κ2) is 6.88. The number of aromatic amines is 1. The molecular formula is C22H17N3O2. The molecule has 0 fully saturated rings. The van der Waals surface area contributed by atoms with Crippen LogP contribution in [0.15, 0.2) is 77.6 Å². The van der Waals surface area contributed by atoms with E-state index in [0.29, 0.717) is 27.8 Å². The number of nitrogens with one attached hydrogen (secondary N) is 2. The van der Waals surface area contributed by atoms with Crippen molar-refractivity contribution in [1.82, 2.24) is 9.97 Å². The number of para-hydroxylation sites is 3. The molecule has 132 valence electrons. The number of H-pyrrole nitrogens is 1. The van der Waals surface area contributed by atoms with Gasteiger partial charge in [0.15, 0.2) is 0 Å². The van der Waals surface area contributed by atoms with Crippen LogP contribution < -0.4 is 10.9 Å². The summed E-state index contributed by atoms with van der Waals surface area (Å²) in [7, 11) is 0. The SMILES string of the molecule is Cc1ccc(C(=O)Nc2ccccc2-c2nc3ccccc3[nH]c2=O)cc1. The van der Waals surface area contributed by atoms with Gasteiger partial charge in [0, 0.05) is 11.1 Å². The lowest BCUT2D eigenvalue weighted by Crippen LogP contribution is -2.15. The van der Waals surface area contributed by atoms with Crippen molar-refractivity contribution in [3.8, 4) is 11.3 Å². The number of carbonyl (C=O) groups is 1. The second-order valence-corrected chi connectivity index (χ2v) is 6.30. The van der Waals surface area contributed by atoms with E-state index in [9.17, 15) is 9.59 Å². The van der Waals surface area contributed by atoms with Gasteiger partial charge in [-0.15, -0.1) is 0 Å². The van der Waals surface area contributed by atoms with E-state index in [4.69, 9.17) is 0 Å². The van der Waals surface area contributed by atoms with Gasteiger partial charge in [0.1, 0.15) is 5.69 Å². The molecule has 0 saturated heterocycles. The fraction of sp³-hybridized carbons (Fsp3) is 0.0455. The van der Waals surface area contributed by atoms with Crippen LogP contribution in [0.4, 0.5) is 5.69 Å². The van der Waals surface area contributed by atoms with Crippen LogP contribution in [0.25, 0.3) is 22.3 Å². The van der Waals surface area contributed by atoms with Crippen molar-refractivity contribution in [2.75, 3.05) is 5.32 Å². The van der Waals surface area contributed by atoms with E-state index in [-0.39, 0.29) is 17.2 Å². The maximum atomic E-state index is 12.6. The Morgan fingerprint density at radius 1 is 0.926 bits per heavy atom.